The quantitative estimate of drug-likeness (QED) is 0.413. The summed E-state index contributed by atoms with van der Waals surface area (Å²) >= 11 is 0. The van der Waals surface area contributed by atoms with Gasteiger partial charge in [0, 0.05) is 0 Å². The molecular formula is C6H8N2O4. The van der Waals surface area contributed by atoms with E-state index in [0.29, 0.717) is 0 Å². The van der Waals surface area contributed by atoms with Crippen molar-refractivity contribution >= 4 is 12.2 Å². The van der Waals surface area contributed by atoms with Crippen LogP contribution in [0.25, 0.3) is 0 Å². The molecule has 0 aromatic heterocycles. The van der Waals surface area contributed by atoms with Gasteiger partial charge in [0.25, 0.3) is 0 Å². The van der Waals surface area contributed by atoms with Crippen molar-refractivity contribution in [1.82, 2.24) is 0 Å². The van der Waals surface area contributed by atoms with Crippen molar-refractivity contribution in [3.8, 4) is 0 Å². The monoisotopic (exact) mass is 172 g/mol. The number of hydrogen-bond acceptors (Lipinski definition) is 6. The lowest BCUT2D eigenvalue weighted by atomic mass is 10.2. The first kappa shape index (κ1) is 10.7. The summed E-state index contributed by atoms with van der Waals surface area (Å²) in [7, 11) is 0. The average Bonchev–Trinajstić information content (AvgIpc) is 2.02. The van der Waals surface area contributed by atoms with Gasteiger partial charge in [0.15, 0.2) is 12.5 Å². The van der Waals surface area contributed by atoms with E-state index in [1.165, 1.54) is 0 Å². The summed E-state index contributed by atoms with van der Waals surface area (Å²) in [6.07, 6.45) is 0.0129. The van der Waals surface area contributed by atoms with Crippen molar-refractivity contribution in [2.75, 3.05) is 0 Å². The van der Waals surface area contributed by atoms with Crippen LogP contribution in [0.3, 0.4) is 0 Å². The van der Waals surface area contributed by atoms with Crippen LogP contribution in [0.2, 0.25) is 0 Å². The lowest BCUT2D eigenvalue weighted by molar-refractivity contribution is 0.123. The molecule has 0 bridgehead atoms. The molecule has 2 N–H and O–H groups in total. The summed E-state index contributed by atoms with van der Waals surface area (Å²) < 4.78 is 0. The number of isocyanates is 2. The predicted octanol–water partition coefficient (Wildman–Crippen LogP) is -0.925. The highest BCUT2D eigenvalue weighted by atomic mass is 16.3. The lowest BCUT2D eigenvalue weighted by Crippen LogP contribution is -2.09. The fraction of sp³-hybridized carbons (Fsp3) is 0.667. The van der Waals surface area contributed by atoms with Crippen LogP contribution in [0.1, 0.15) is 12.8 Å². The van der Waals surface area contributed by atoms with Gasteiger partial charge < -0.3 is 10.2 Å². The molecule has 2 unspecified atom stereocenters. The first-order valence-electron chi connectivity index (χ1n) is 3.20. The Morgan fingerprint density at radius 1 is 1.00 bits per heavy atom. The Kier molecular flexibility index (Phi) is 5.69. The summed E-state index contributed by atoms with van der Waals surface area (Å²) in [5.74, 6) is 0. The lowest BCUT2D eigenvalue weighted by Gasteiger charge is -2.03. The van der Waals surface area contributed by atoms with E-state index in [-0.39, 0.29) is 12.8 Å². The maximum absolute atomic E-state index is 9.59. The average molecular weight is 172 g/mol. The van der Waals surface area contributed by atoms with Gasteiger partial charge >= 0.3 is 0 Å². The van der Waals surface area contributed by atoms with Crippen molar-refractivity contribution in [2.24, 2.45) is 9.98 Å². The summed E-state index contributed by atoms with van der Waals surface area (Å²) in [6, 6.07) is 0. The van der Waals surface area contributed by atoms with Crippen LogP contribution in [0.5, 0.6) is 0 Å². The van der Waals surface area contributed by atoms with Gasteiger partial charge in [-0.25, -0.2) is 9.59 Å². The van der Waals surface area contributed by atoms with Crippen LogP contribution >= 0.6 is 0 Å². The molecule has 0 aromatic rings. The van der Waals surface area contributed by atoms with E-state index in [1.54, 1.807) is 0 Å². The molecule has 0 saturated carbocycles. The molecule has 0 fully saturated rings. The molecular weight excluding hydrogens is 164 g/mol. The Morgan fingerprint density at radius 2 is 1.33 bits per heavy atom. The third-order valence-electron chi connectivity index (χ3n) is 1.09. The van der Waals surface area contributed by atoms with Crippen LogP contribution in [0.4, 0.5) is 0 Å². The van der Waals surface area contributed by atoms with Gasteiger partial charge in [-0.3, -0.25) is 0 Å². The van der Waals surface area contributed by atoms with Crippen molar-refractivity contribution in [2.45, 2.75) is 25.3 Å². The molecule has 66 valence electrons. The zero-order chi connectivity index (χ0) is 9.40. The molecule has 0 aliphatic rings. The number of carbonyl (C=O) groups excluding carboxylic acids is 2. The molecule has 0 aromatic carbocycles. The molecule has 6 nitrogen and oxygen atoms in total. The van der Waals surface area contributed by atoms with E-state index in [1.807, 2.05) is 0 Å². The normalized spacial score (nSPS) is 13.8. The summed E-state index contributed by atoms with van der Waals surface area (Å²) in [5, 5.41) is 17.6. The summed E-state index contributed by atoms with van der Waals surface area (Å²) in [6.45, 7) is 0. The summed E-state index contributed by atoms with van der Waals surface area (Å²) in [4.78, 5) is 25.1. The highest BCUT2D eigenvalue weighted by Crippen LogP contribution is 2.02. The van der Waals surface area contributed by atoms with Crippen LogP contribution in [0, 0.1) is 0 Å². The van der Waals surface area contributed by atoms with E-state index in [9.17, 15) is 9.59 Å². The molecule has 0 rings (SSSR count). The fourth-order valence-electron chi connectivity index (χ4n) is 0.549. The number of rotatable bonds is 5. The SMILES string of the molecule is O=C=NC(O)CCC(O)N=C=O. The van der Waals surface area contributed by atoms with E-state index in [2.05, 4.69) is 9.98 Å². The van der Waals surface area contributed by atoms with E-state index < -0.39 is 12.5 Å². The minimum absolute atomic E-state index is 0.0432. The highest BCUT2D eigenvalue weighted by Gasteiger charge is 2.05. The molecule has 2 atom stereocenters. The molecule has 6 heteroatoms. The first-order chi connectivity index (χ1) is 5.70. The maximum Gasteiger partial charge on any atom is 0.237 e. The maximum atomic E-state index is 9.59. The van der Waals surface area contributed by atoms with Crippen LogP contribution in [-0.2, 0) is 9.59 Å². The number of nitrogens with zero attached hydrogens (tertiary/aromatic N) is 2. The Morgan fingerprint density at radius 3 is 1.58 bits per heavy atom. The predicted molar refractivity (Wildman–Crippen MR) is 37.5 cm³/mol. The molecule has 0 amide bonds. The van der Waals surface area contributed by atoms with Crippen LogP contribution in [0.15, 0.2) is 9.98 Å². The smallest absolute Gasteiger partial charge is 0.237 e. The van der Waals surface area contributed by atoms with Crippen molar-refractivity contribution in [1.29, 1.82) is 0 Å². The van der Waals surface area contributed by atoms with Gasteiger partial charge in [-0.15, -0.1) is 0 Å². The minimum atomic E-state index is -1.20. The molecule has 12 heavy (non-hydrogen) atoms. The molecule has 0 aliphatic carbocycles. The third kappa shape index (κ3) is 5.46. The number of aliphatic imine (C=N–C) groups is 2. The Balaban J connectivity index is 3.66. The second-order valence-electron chi connectivity index (χ2n) is 1.98. The third-order valence-corrected chi connectivity index (χ3v) is 1.09. The topological polar surface area (TPSA) is 99.3 Å². The molecule has 0 aliphatic heterocycles. The van der Waals surface area contributed by atoms with Gasteiger partial charge in [-0.1, -0.05) is 0 Å². The largest absolute Gasteiger partial charge is 0.371 e. The van der Waals surface area contributed by atoms with E-state index >= 15 is 0 Å². The zero-order valence-corrected chi connectivity index (χ0v) is 6.17. The van der Waals surface area contributed by atoms with Crippen LogP contribution in [-0.4, -0.2) is 34.8 Å². The first-order valence-corrected chi connectivity index (χ1v) is 3.20. The molecule has 0 saturated heterocycles. The van der Waals surface area contributed by atoms with E-state index in [0.717, 1.165) is 12.2 Å². The molecule has 0 heterocycles. The van der Waals surface area contributed by atoms with Gasteiger partial charge in [0.1, 0.15) is 0 Å². The van der Waals surface area contributed by atoms with Crippen molar-refractivity contribution < 1.29 is 19.8 Å². The fourth-order valence-corrected chi connectivity index (χ4v) is 0.549. The van der Waals surface area contributed by atoms with E-state index in [4.69, 9.17) is 10.2 Å². The minimum Gasteiger partial charge on any atom is -0.371 e. The number of hydrogen-bond donors (Lipinski definition) is 2. The molecule has 0 radical (unpaired) electrons. The standard InChI is InChI=1S/C6H8N2O4/c9-3-7-5(11)1-2-6(12)8-4-10/h5-6,11-12H,1-2H2. The van der Waals surface area contributed by atoms with Gasteiger partial charge in [0.2, 0.25) is 12.2 Å². The van der Waals surface area contributed by atoms with Gasteiger partial charge in [-0.05, 0) is 12.8 Å². The molecule has 0 spiro atoms. The zero-order valence-electron chi connectivity index (χ0n) is 6.17. The number of aliphatic hydroxyl groups excluding tert-OH is 2. The number of aliphatic hydroxyl groups is 2. The Bertz CT molecular complexity index is 194. The van der Waals surface area contributed by atoms with Gasteiger partial charge in [0.05, 0.1) is 0 Å². The second-order valence-corrected chi connectivity index (χ2v) is 1.98. The Hall–Kier alpha value is -1.32. The Labute approximate surface area is 68.3 Å². The second kappa shape index (κ2) is 6.39. The van der Waals surface area contributed by atoms with Crippen molar-refractivity contribution in [3.63, 3.8) is 0 Å². The highest BCUT2D eigenvalue weighted by molar-refractivity contribution is 5.33. The van der Waals surface area contributed by atoms with Crippen molar-refractivity contribution in [3.05, 3.63) is 0 Å². The summed E-state index contributed by atoms with van der Waals surface area (Å²) in [5.41, 5.74) is 0. The van der Waals surface area contributed by atoms with Crippen LogP contribution < -0.4 is 0 Å². The van der Waals surface area contributed by atoms with Gasteiger partial charge in [-0.2, -0.15) is 9.98 Å².